The molecule has 0 amide bonds. The molecule has 1 aliphatic rings. The third-order valence-electron chi connectivity index (χ3n) is 4.98. The Morgan fingerprint density at radius 3 is 2.43 bits per heavy atom. The molecule has 126 valence electrons. The maximum atomic E-state index is 10.5. The largest absolute Gasteiger partial charge is 0.507 e. The lowest BCUT2D eigenvalue weighted by Gasteiger charge is -2.31. The molecule has 0 spiro atoms. The normalized spacial score (nSPS) is 21.1. The Labute approximate surface area is 140 Å². The molecule has 0 bridgehead atoms. The summed E-state index contributed by atoms with van der Waals surface area (Å²) >= 11 is 0. The lowest BCUT2D eigenvalue weighted by atomic mass is 9.73. The number of aromatic hydroxyl groups is 2. The fraction of sp³-hybridized carbons (Fsp3) is 0.524. The van der Waals surface area contributed by atoms with E-state index in [1.165, 1.54) is 18.4 Å². The van der Waals surface area contributed by atoms with Crippen molar-refractivity contribution in [2.45, 2.75) is 65.2 Å². The molecule has 0 saturated heterocycles. The molecule has 23 heavy (non-hydrogen) atoms. The Hall–Kier alpha value is -1.70. The molecule has 0 radical (unpaired) electrons. The zero-order valence-electron chi connectivity index (χ0n) is 14.7. The van der Waals surface area contributed by atoms with Gasteiger partial charge in [0.25, 0.3) is 0 Å². The Kier molecular flexibility index (Phi) is 5.92. The van der Waals surface area contributed by atoms with Crippen molar-refractivity contribution < 1.29 is 10.2 Å². The van der Waals surface area contributed by atoms with Crippen LogP contribution in [0.5, 0.6) is 11.5 Å². The minimum absolute atomic E-state index is 0.0194. The van der Waals surface area contributed by atoms with E-state index in [2.05, 4.69) is 26.5 Å². The SMILES string of the molecule is C=C(C)[C@@H]1CCC(C)=CC1c1c(O)cc(CCCCC)cc1O. The van der Waals surface area contributed by atoms with Gasteiger partial charge in [0, 0.05) is 11.5 Å². The zero-order valence-corrected chi connectivity index (χ0v) is 14.7. The summed E-state index contributed by atoms with van der Waals surface area (Å²) in [4.78, 5) is 0. The molecule has 0 aliphatic heterocycles. The highest BCUT2D eigenvalue weighted by atomic mass is 16.3. The molecule has 2 nitrogen and oxygen atoms in total. The first kappa shape index (κ1) is 17.7. The van der Waals surface area contributed by atoms with Crippen LogP contribution in [0.25, 0.3) is 0 Å². The van der Waals surface area contributed by atoms with E-state index in [4.69, 9.17) is 0 Å². The first-order valence-electron chi connectivity index (χ1n) is 8.81. The van der Waals surface area contributed by atoms with Gasteiger partial charge in [-0.15, -0.1) is 0 Å². The highest BCUT2D eigenvalue weighted by Crippen LogP contribution is 2.46. The number of aryl methyl sites for hydroxylation is 1. The monoisotopic (exact) mass is 314 g/mol. The van der Waals surface area contributed by atoms with Crippen LogP contribution in [0.2, 0.25) is 0 Å². The van der Waals surface area contributed by atoms with E-state index in [0.717, 1.165) is 36.8 Å². The smallest absolute Gasteiger partial charge is 0.123 e. The number of hydrogen-bond donors (Lipinski definition) is 2. The van der Waals surface area contributed by atoms with E-state index in [9.17, 15) is 10.2 Å². The molecule has 0 saturated carbocycles. The van der Waals surface area contributed by atoms with Crippen LogP contribution < -0.4 is 0 Å². The molecule has 2 atom stereocenters. The van der Waals surface area contributed by atoms with Crippen LogP contribution in [0.1, 0.15) is 69.9 Å². The van der Waals surface area contributed by atoms with Crippen molar-refractivity contribution in [3.05, 3.63) is 47.1 Å². The maximum absolute atomic E-state index is 10.5. The van der Waals surface area contributed by atoms with Gasteiger partial charge < -0.3 is 10.2 Å². The Balaban J connectivity index is 2.34. The van der Waals surface area contributed by atoms with Gasteiger partial charge in [-0.3, -0.25) is 0 Å². The van der Waals surface area contributed by atoms with Crippen molar-refractivity contribution in [1.29, 1.82) is 0 Å². The fourth-order valence-corrected chi connectivity index (χ4v) is 3.65. The summed E-state index contributed by atoms with van der Waals surface area (Å²) in [5.41, 5.74) is 4.11. The van der Waals surface area contributed by atoms with Gasteiger partial charge in [-0.1, -0.05) is 43.6 Å². The summed E-state index contributed by atoms with van der Waals surface area (Å²) in [5, 5.41) is 21.1. The molecule has 2 rings (SSSR count). The number of unbranched alkanes of at least 4 members (excludes halogenated alkanes) is 2. The maximum Gasteiger partial charge on any atom is 0.123 e. The van der Waals surface area contributed by atoms with Crippen LogP contribution in [0.15, 0.2) is 35.9 Å². The van der Waals surface area contributed by atoms with Crippen molar-refractivity contribution >= 4 is 0 Å². The van der Waals surface area contributed by atoms with Gasteiger partial charge in [0.2, 0.25) is 0 Å². The van der Waals surface area contributed by atoms with Crippen LogP contribution in [-0.4, -0.2) is 10.2 Å². The van der Waals surface area contributed by atoms with Gasteiger partial charge in [-0.05, 0) is 63.1 Å². The van der Waals surface area contributed by atoms with Gasteiger partial charge >= 0.3 is 0 Å². The molecular formula is C21H30O2. The number of benzene rings is 1. The number of phenolic OH excluding ortho intramolecular Hbond substituents is 2. The van der Waals surface area contributed by atoms with Crippen LogP contribution in [0, 0.1) is 5.92 Å². The minimum Gasteiger partial charge on any atom is -0.507 e. The molecule has 1 unspecified atom stereocenters. The van der Waals surface area contributed by atoms with Crippen LogP contribution >= 0.6 is 0 Å². The van der Waals surface area contributed by atoms with E-state index < -0.39 is 0 Å². The molecule has 1 aliphatic carbocycles. The van der Waals surface area contributed by atoms with Gasteiger partial charge in [-0.2, -0.15) is 0 Å². The summed E-state index contributed by atoms with van der Waals surface area (Å²) in [6, 6.07) is 3.66. The second-order valence-corrected chi connectivity index (χ2v) is 7.04. The molecule has 0 aromatic heterocycles. The lowest BCUT2D eigenvalue weighted by Crippen LogP contribution is -2.17. The van der Waals surface area contributed by atoms with Crippen molar-refractivity contribution in [2.75, 3.05) is 0 Å². The Morgan fingerprint density at radius 1 is 1.22 bits per heavy atom. The van der Waals surface area contributed by atoms with E-state index in [0.29, 0.717) is 5.56 Å². The molecule has 0 fully saturated rings. The molecule has 0 heterocycles. The van der Waals surface area contributed by atoms with Crippen molar-refractivity contribution in [3.8, 4) is 11.5 Å². The molecule has 1 aromatic carbocycles. The fourth-order valence-electron chi connectivity index (χ4n) is 3.65. The summed E-state index contributed by atoms with van der Waals surface area (Å²) in [7, 11) is 0. The second-order valence-electron chi connectivity index (χ2n) is 7.04. The third kappa shape index (κ3) is 4.19. The number of rotatable bonds is 6. The quantitative estimate of drug-likeness (QED) is 0.511. The van der Waals surface area contributed by atoms with Gasteiger partial charge in [-0.25, -0.2) is 0 Å². The molecular weight excluding hydrogens is 284 g/mol. The van der Waals surface area contributed by atoms with Gasteiger partial charge in [0.1, 0.15) is 11.5 Å². The standard InChI is InChI=1S/C21H30O2/c1-5-6-7-8-16-12-19(22)21(20(23)13-16)18-11-15(4)9-10-17(18)14(2)3/h11-13,17-18,22-23H,2,5-10H2,1,3-4H3/t17-,18?/m0/s1. The summed E-state index contributed by atoms with van der Waals surface area (Å²) < 4.78 is 0. The zero-order chi connectivity index (χ0) is 17.0. The number of allylic oxidation sites excluding steroid dienone is 3. The van der Waals surface area contributed by atoms with Crippen molar-refractivity contribution in [1.82, 2.24) is 0 Å². The summed E-state index contributed by atoms with van der Waals surface area (Å²) in [6.07, 6.45) is 8.61. The second kappa shape index (κ2) is 7.72. The van der Waals surface area contributed by atoms with Gasteiger partial charge in [0.15, 0.2) is 0 Å². The Morgan fingerprint density at radius 2 is 1.87 bits per heavy atom. The minimum atomic E-state index is 0.0194. The van der Waals surface area contributed by atoms with Gasteiger partial charge in [0.05, 0.1) is 0 Å². The number of hydrogen-bond acceptors (Lipinski definition) is 2. The predicted molar refractivity (Wildman–Crippen MR) is 97.0 cm³/mol. The molecule has 2 N–H and O–H groups in total. The summed E-state index contributed by atoms with van der Waals surface area (Å²) in [5.74, 6) is 0.741. The summed E-state index contributed by atoms with van der Waals surface area (Å²) in [6.45, 7) is 10.4. The topological polar surface area (TPSA) is 40.5 Å². The first-order chi connectivity index (χ1) is 10.9. The third-order valence-corrected chi connectivity index (χ3v) is 4.98. The van der Waals surface area contributed by atoms with Crippen LogP contribution in [0.4, 0.5) is 0 Å². The van der Waals surface area contributed by atoms with Crippen molar-refractivity contribution in [3.63, 3.8) is 0 Å². The average molecular weight is 314 g/mol. The number of phenols is 2. The van der Waals surface area contributed by atoms with E-state index in [-0.39, 0.29) is 23.3 Å². The highest BCUT2D eigenvalue weighted by Gasteiger charge is 2.29. The first-order valence-corrected chi connectivity index (χ1v) is 8.81. The Bertz CT molecular complexity index is 575. The van der Waals surface area contributed by atoms with Crippen molar-refractivity contribution in [2.24, 2.45) is 5.92 Å². The van der Waals surface area contributed by atoms with E-state index in [1.54, 1.807) is 0 Å². The molecule has 2 heteroatoms. The van der Waals surface area contributed by atoms with E-state index >= 15 is 0 Å². The lowest BCUT2D eigenvalue weighted by molar-refractivity contribution is 0.406. The van der Waals surface area contributed by atoms with Crippen LogP contribution in [-0.2, 0) is 6.42 Å². The predicted octanol–water partition coefficient (Wildman–Crippen LogP) is 5.85. The van der Waals surface area contributed by atoms with Crippen LogP contribution in [0.3, 0.4) is 0 Å². The van der Waals surface area contributed by atoms with E-state index in [1.807, 2.05) is 19.1 Å². The average Bonchev–Trinajstić information content (AvgIpc) is 2.46. The highest BCUT2D eigenvalue weighted by molar-refractivity contribution is 5.51. The molecule has 1 aromatic rings.